The molecular formula is C32H30N4S. The maximum absolute atomic E-state index is 4.79. The molecule has 0 fully saturated rings. The molecule has 0 saturated carbocycles. The van der Waals surface area contributed by atoms with E-state index < -0.39 is 0 Å². The predicted molar refractivity (Wildman–Crippen MR) is 156 cm³/mol. The van der Waals surface area contributed by atoms with Gasteiger partial charge in [0, 0.05) is 17.8 Å². The molecule has 0 bridgehead atoms. The maximum atomic E-state index is 4.79. The van der Waals surface area contributed by atoms with E-state index in [2.05, 4.69) is 117 Å². The van der Waals surface area contributed by atoms with Crippen LogP contribution in [0.1, 0.15) is 36.5 Å². The van der Waals surface area contributed by atoms with Crippen LogP contribution in [0.25, 0.3) is 26.8 Å². The number of rotatable bonds is 7. The Bertz CT molecular complexity index is 1630. The van der Waals surface area contributed by atoms with E-state index in [0.717, 1.165) is 33.8 Å². The minimum absolute atomic E-state index is 0.0835. The zero-order valence-corrected chi connectivity index (χ0v) is 22.2. The van der Waals surface area contributed by atoms with Gasteiger partial charge in [-0.2, -0.15) is 5.10 Å². The molecule has 0 spiro atoms. The Morgan fingerprint density at radius 2 is 1.62 bits per heavy atom. The summed E-state index contributed by atoms with van der Waals surface area (Å²) < 4.78 is 3.23. The Morgan fingerprint density at radius 3 is 2.41 bits per heavy atom. The lowest BCUT2D eigenvalue weighted by Crippen LogP contribution is -2.31. The summed E-state index contributed by atoms with van der Waals surface area (Å²) in [5, 5.41) is 10.5. The first-order valence-corrected chi connectivity index (χ1v) is 13.5. The van der Waals surface area contributed by atoms with E-state index in [0.29, 0.717) is 0 Å². The largest absolute Gasteiger partial charge is 0.361 e. The molecule has 0 aliphatic rings. The van der Waals surface area contributed by atoms with E-state index in [-0.39, 0.29) is 11.3 Å². The summed E-state index contributed by atoms with van der Waals surface area (Å²) in [5.74, 6) is 0.197. The fourth-order valence-electron chi connectivity index (χ4n) is 5.22. The Labute approximate surface area is 221 Å². The summed E-state index contributed by atoms with van der Waals surface area (Å²) >= 11 is 1.71. The van der Waals surface area contributed by atoms with Crippen LogP contribution in [-0.2, 0) is 0 Å². The van der Waals surface area contributed by atoms with Crippen molar-refractivity contribution in [2.45, 2.75) is 26.7 Å². The molecule has 5 heteroatoms. The first-order valence-electron chi connectivity index (χ1n) is 12.7. The van der Waals surface area contributed by atoms with Crippen LogP contribution < -0.4 is 5.32 Å². The number of hydrogen-bond donors (Lipinski definition) is 1. The number of hydrogen-bond acceptors (Lipinski definition) is 4. The molecule has 6 aromatic rings. The summed E-state index contributed by atoms with van der Waals surface area (Å²) in [6.45, 7) is 7.58. The lowest BCUT2D eigenvalue weighted by molar-refractivity contribution is 0.340. The van der Waals surface area contributed by atoms with Crippen LogP contribution in [0.15, 0.2) is 103 Å². The first kappa shape index (κ1) is 23.4. The Kier molecular flexibility index (Phi) is 6.01. The Hall–Kier alpha value is -3.96. The zero-order chi connectivity index (χ0) is 25.4. The molecule has 2 heterocycles. The van der Waals surface area contributed by atoms with Crippen molar-refractivity contribution in [3.05, 3.63) is 120 Å². The number of nitrogens with one attached hydrogen (secondary N) is 1. The molecule has 4 aromatic carbocycles. The minimum atomic E-state index is -0.0835. The average Bonchev–Trinajstić information content (AvgIpc) is 3.52. The Morgan fingerprint density at radius 1 is 0.865 bits per heavy atom. The third-order valence-electron chi connectivity index (χ3n) is 7.11. The normalized spacial score (nSPS) is 12.7. The van der Waals surface area contributed by atoms with E-state index in [1.54, 1.807) is 11.3 Å². The third-order valence-corrected chi connectivity index (χ3v) is 8.10. The van der Waals surface area contributed by atoms with Crippen molar-refractivity contribution in [3.63, 3.8) is 0 Å². The number of benzene rings is 4. The summed E-state index contributed by atoms with van der Waals surface area (Å²) in [6, 6.07) is 34.4. The molecule has 0 aliphatic carbocycles. The van der Waals surface area contributed by atoms with E-state index in [9.17, 15) is 0 Å². The van der Waals surface area contributed by atoms with Crippen LogP contribution in [0.4, 0.5) is 5.13 Å². The molecule has 0 radical (unpaired) electrons. The molecule has 0 amide bonds. The second kappa shape index (κ2) is 9.49. The number of aryl methyl sites for hydroxylation is 1. The predicted octanol–water partition coefficient (Wildman–Crippen LogP) is 8.21. The van der Waals surface area contributed by atoms with E-state index >= 15 is 0 Å². The molecule has 4 nitrogen and oxygen atoms in total. The Balaban J connectivity index is 1.35. The lowest BCUT2D eigenvalue weighted by Gasteiger charge is -2.35. The molecule has 37 heavy (non-hydrogen) atoms. The number of para-hydroxylation sites is 1. The van der Waals surface area contributed by atoms with Gasteiger partial charge in [0.25, 0.3) is 0 Å². The van der Waals surface area contributed by atoms with E-state index in [4.69, 9.17) is 10.1 Å². The quantitative estimate of drug-likeness (QED) is 0.239. The highest BCUT2D eigenvalue weighted by Crippen LogP contribution is 2.42. The van der Waals surface area contributed by atoms with Gasteiger partial charge in [0.15, 0.2) is 5.13 Å². The van der Waals surface area contributed by atoms with Crippen LogP contribution >= 0.6 is 11.3 Å². The standard InChI is InChI=1S/C32H30N4S/c1-22-13-16-26(17-14-22)36-28-18-15-24(19-25(28)20-34-36)30(23-9-5-4-6-10-23)32(2,3)21-33-31-35-27-11-7-8-12-29(27)37-31/h4-20,30H,21H2,1-3H3,(H,33,35). The lowest BCUT2D eigenvalue weighted by atomic mass is 9.71. The van der Waals surface area contributed by atoms with Crippen molar-refractivity contribution in [1.82, 2.24) is 14.8 Å². The van der Waals surface area contributed by atoms with E-state index in [1.807, 2.05) is 16.9 Å². The summed E-state index contributed by atoms with van der Waals surface area (Å²) in [6.07, 6.45) is 1.98. The molecule has 1 unspecified atom stereocenters. The minimum Gasteiger partial charge on any atom is -0.361 e. The molecule has 1 atom stereocenters. The van der Waals surface area contributed by atoms with Crippen molar-refractivity contribution in [1.29, 1.82) is 0 Å². The average molecular weight is 503 g/mol. The van der Waals surface area contributed by atoms with Gasteiger partial charge < -0.3 is 5.32 Å². The van der Waals surface area contributed by atoms with Crippen LogP contribution in [-0.4, -0.2) is 21.3 Å². The van der Waals surface area contributed by atoms with Crippen molar-refractivity contribution < 1.29 is 0 Å². The zero-order valence-electron chi connectivity index (χ0n) is 21.3. The maximum Gasteiger partial charge on any atom is 0.183 e. The van der Waals surface area contributed by atoms with Crippen LogP contribution in [0.3, 0.4) is 0 Å². The van der Waals surface area contributed by atoms with Gasteiger partial charge in [-0.15, -0.1) is 0 Å². The van der Waals surface area contributed by atoms with Gasteiger partial charge in [0.05, 0.1) is 27.6 Å². The highest BCUT2D eigenvalue weighted by molar-refractivity contribution is 7.22. The monoisotopic (exact) mass is 502 g/mol. The molecule has 2 aromatic heterocycles. The van der Waals surface area contributed by atoms with Gasteiger partial charge in [0.2, 0.25) is 0 Å². The van der Waals surface area contributed by atoms with Crippen molar-refractivity contribution in [2.24, 2.45) is 5.41 Å². The number of aromatic nitrogens is 3. The van der Waals surface area contributed by atoms with Gasteiger partial charge in [0.1, 0.15) is 0 Å². The highest BCUT2D eigenvalue weighted by Gasteiger charge is 2.32. The summed E-state index contributed by atoms with van der Waals surface area (Å²) in [4.78, 5) is 4.79. The SMILES string of the molecule is Cc1ccc(-n2ncc3cc(C(c4ccccc4)C(C)(C)CNc4nc5ccccc5s4)ccc32)cc1. The van der Waals surface area contributed by atoms with Crippen molar-refractivity contribution in [3.8, 4) is 5.69 Å². The number of thiazole rings is 1. The van der Waals surface area contributed by atoms with Gasteiger partial charge >= 0.3 is 0 Å². The topological polar surface area (TPSA) is 42.7 Å². The van der Waals surface area contributed by atoms with Crippen LogP contribution in [0.2, 0.25) is 0 Å². The van der Waals surface area contributed by atoms with Gasteiger partial charge in [-0.25, -0.2) is 9.67 Å². The molecule has 0 saturated heterocycles. The van der Waals surface area contributed by atoms with Crippen LogP contribution in [0, 0.1) is 12.3 Å². The fourth-order valence-corrected chi connectivity index (χ4v) is 6.08. The van der Waals surface area contributed by atoms with E-state index in [1.165, 1.54) is 21.4 Å². The number of anilines is 1. The molecule has 6 rings (SSSR count). The molecule has 184 valence electrons. The van der Waals surface area contributed by atoms with Gasteiger partial charge in [-0.3, -0.25) is 0 Å². The smallest absolute Gasteiger partial charge is 0.183 e. The summed E-state index contributed by atoms with van der Waals surface area (Å²) in [5.41, 5.74) is 7.00. The van der Waals surface area contributed by atoms with Gasteiger partial charge in [-0.1, -0.05) is 91.4 Å². The first-order chi connectivity index (χ1) is 18.0. The summed E-state index contributed by atoms with van der Waals surface area (Å²) in [7, 11) is 0. The third kappa shape index (κ3) is 4.63. The van der Waals surface area contributed by atoms with Crippen LogP contribution in [0.5, 0.6) is 0 Å². The fraction of sp³-hybridized carbons (Fsp3) is 0.188. The second-order valence-electron chi connectivity index (χ2n) is 10.4. The molecular weight excluding hydrogens is 472 g/mol. The molecule has 1 N–H and O–H groups in total. The van der Waals surface area contributed by atoms with Gasteiger partial charge in [-0.05, 0) is 59.9 Å². The number of fused-ring (bicyclic) bond motifs is 2. The highest BCUT2D eigenvalue weighted by atomic mass is 32.1. The second-order valence-corrected chi connectivity index (χ2v) is 11.4. The molecule has 0 aliphatic heterocycles. The van der Waals surface area contributed by atoms with Crippen molar-refractivity contribution >= 4 is 37.6 Å². The number of nitrogens with zero attached hydrogens (tertiary/aromatic N) is 3. The van der Waals surface area contributed by atoms with Crippen molar-refractivity contribution in [2.75, 3.05) is 11.9 Å².